The number of nitrogens with one attached hydrogen (secondary N) is 1. The van der Waals surface area contributed by atoms with Gasteiger partial charge in [-0.25, -0.2) is 4.39 Å². The molecule has 1 aromatic rings. The van der Waals surface area contributed by atoms with Gasteiger partial charge >= 0.3 is 0 Å². The lowest BCUT2D eigenvalue weighted by Gasteiger charge is -2.17. The van der Waals surface area contributed by atoms with Crippen LogP contribution >= 0.6 is 0 Å². The largest absolute Gasteiger partial charge is 0.310 e. The molecule has 0 saturated heterocycles. The van der Waals surface area contributed by atoms with E-state index < -0.39 is 0 Å². The van der Waals surface area contributed by atoms with Crippen molar-refractivity contribution in [2.45, 2.75) is 71.3 Å². The first kappa shape index (κ1) is 17.2. The van der Waals surface area contributed by atoms with E-state index in [9.17, 15) is 4.39 Å². The van der Waals surface area contributed by atoms with Crippen molar-refractivity contribution in [3.05, 3.63) is 35.6 Å². The molecule has 1 aromatic carbocycles. The van der Waals surface area contributed by atoms with Crippen LogP contribution in [0.1, 0.15) is 76.8 Å². The molecule has 1 N–H and O–H groups in total. The van der Waals surface area contributed by atoms with Crippen LogP contribution in [0.4, 0.5) is 4.39 Å². The number of benzene rings is 1. The van der Waals surface area contributed by atoms with E-state index in [4.69, 9.17) is 0 Å². The summed E-state index contributed by atoms with van der Waals surface area (Å²) in [5.74, 6) is -0.157. The highest BCUT2D eigenvalue weighted by molar-refractivity contribution is 5.19. The zero-order valence-corrected chi connectivity index (χ0v) is 13.1. The van der Waals surface area contributed by atoms with Crippen molar-refractivity contribution >= 4 is 0 Å². The maximum absolute atomic E-state index is 12.9. The lowest BCUT2D eigenvalue weighted by atomic mass is 10.0. The van der Waals surface area contributed by atoms with E-state index in [0.29, 0.717) is 6.04 Å². The Hall–Kier alpha value is -0.890. The summed E-state index contributed by atoms with van der Waals surface area (Å²) in [5, 5.41) is 3.58. The molecule has 0 saturated carbocycles. The quantitative estimate of drug-likeness (QED) is 0.519. The number of halogens is 1. The molecule has 0 radical (unpaired) electrons. The van der Waals surface area contributed by atoms with Gasteiger partial charge in [0.05, 0.1) is 0 Å². The molecule has 0 unspecified atom stereocenters. The Labute approximate surface area is 124 Å². The first-order valence-corrected chi connectivity index (χ1v) is 8.26. The van der Waals surface area contributed by atoms with Crippen LogP contribution in [0.5, 0.6) is 0 Å². The molecule has 0 aliphatic rings. The SMILES string of the molecule is CCCCCCCCCN[C@@H](CC)c1ccc(F)cc1. The molecular formula is C18H30FN. The second-order valence-corrected chi connectivity index (χ2v) is 5.59. The molecule has 114 valence electrons. The third-order valence-electron chi connectivity index (χ3n) is 3.85. The molecule has 2 heteroatoms. The number of unbranched alkanes of at least 4 members (excludes halogenated alkanes) is 6. The fourth-order valence-corrected chi connectivity index (χ4v) is 2.55. The van der Waals surface area contributed by atoms with E-state index in [2.05, 4.69) is 19.2 Å². The smallest absolute Gasteiger partial charge is 0.123 e. The van der Waals surface area contributed by atoms with Crippen LogP contribution in [0.2, 0.25) is 0 Å². The van der Waals surface area contributed by atoms with E-state index in [1.807, 2.05) is 12.1 Å². The first-order chi connectivity index (χ1) is 9.77. The van der Waals surface area contributed by atoms with E-state index in [1.165, 1.54) is 50.5 Å². The summed E-state index contributed by atoms with van der Waals surface area (Å²) < 4.78 is 12.9. The summed E-state index contributed by atoms with van der Waals surface area (Å²) in [6, 6.07) is 7.24. The molecule has 0 fully saturated rings. The summed E-state index contributed by atoms with van der Waals surface area (Å²) in [6.45, 7) is 5.49. The van der Waals surface area contributed by atoms with Crippen molar-refractivity contribution in [3.8, 4) is 0 Å². The van der Waals surface area contributed by atoms with Crippen LogP contribution in [-0.2, 0) is 0 Å². The predicted molar refractivity (Wildman–Crippen MR) is 85.4 cm³/mol. The molecule has 0 aliphatic heterocycles. The Morgan fingerprint density at radius 3 is 2.10 bits per heavy atom. The van der Waals surface area contributed by atoms with Crippen LogP contribution in [0.15, 0.2) is 24.3 Å². The van der Waals surface area contributed by atoms with Crippen LogP contribution in [0, 0.1) is 5.82 Å². The molecular weight excluding hydrogens is 249 g/mol. The summed E-state index contributed by atoms with van der Waals surface area (Å²) in [7, 11) is 0. The zero-order valence-electron chi connectivity index (χ0n) is 13.1. The second kappa shape index (κ2) is 10.8. The molecule has 20 heavy (non-hydrogen) atoms. The van der Waals surface area contributed by atoms with Gasteiger partial charge in [-0.15, -0.1) is 0 Å². The molecule has 0 heterocycles. The average Bonchev–Trinajstić information content (AvgIpc) is 2.47. The van der Waals surface area contributed by atoms with Crippen LogP contribution in [0.25, 0.3) is 0 Å². The Morgan fingerprint density at radius 1 is 0.900 bits per heavy atom. The normalized spacial score (nSPS) is 12.6. The van der Waals surface area contributed by atoms with E-state index >= 15 is 0 Å². The van der Waals surface area contributed by atoms with Gasteiger partial charge in [-0.1, -0.05) is 64.5 Å². The van der Waals surface area contributed by atoms with Gasteiger partial charge in [-0.3, -0.25) is 0 Å². The van der Waals surface area contributed by atoms with Crippen LogP contribution < -0.4 is 5.32 Å². The number of hydrogen-bond donors (Lipinski definition) is 1. The zero-order chi connectivity index (χ0) is 14.6. The molecule has 0 amide bonds. The Morgan fingerprint density at radius 2 is 1.50 bits per heavy atom. The fraction of sp³-hybridized carbons (Fsp3) is 0.667. The minimum atomic E-state index is -0.157. The highest BCUT2D eigenvalue weighted by Crippen LogP contribution is 2.17. The topological polar surface area (TPSA) is 12.0 Å². The van der Waals surface area contributed by atoms with Crippen molar-refractivity contribution in [2.75, 3.05) is 6.54 Å². The third kappa shape index (κ3) is 7.04. The number of hydrogen-bond acceptors (Lipinski definition) is 1. The molecule has 1 rings (SSSR count). The average molecular weight is 279 g/mol. The molecule has 0 aromatic heterocycles. The van der Waals surface area contributed by atoms with E-state index in [1.54, 1.807) is 12.1 Å². The summed E-state index contributed by atoms with van der Waals surface area (Å²) in [4.78, 5) is 0. The van der Waals surface area contributed by atoms with Gasteiger partial charge in [0.2, 0.25) is 0 Å². The summed E-state index contributed by atoms with van der Waals surface area (Å²) >= 11 is 0. The van der Waals surface area contributed by atoms with Crippen molar-refractivity contribution in [3.63, 3.8) is 0 Å². The first-order valence-electron chi connectivity index (χ1n) is 8.26. The minimum absolute atomic E-state index is 0.157. The van der Waals surface area contributed by atoms with Gasteiger partial charge < -0.3 is 5.32 Å². The predicted octanol–water partition coefficient (Wildman–Crippen LogP) is 5.62. The van der Waals surface area contributed by atoms with Gasteiger partial charge in [-0.2, -0.15) is 0 Å². The van der Waals surface area contributed by atoms with Gasteiger partial charge in [0.15, 0.2) is 0 Å². The molecule has 0 spiro atoms. The number of rotatable bonds is 11. The monoisotopic (exact) mass is 279 g/mol. The van der Waals surface area contributed by atoms with Crippen molar-refractivity contribution < 1.29 is 4.39 Å². The summed E-state index contributed by atoms with van der Waals surface area (Å²) in [5.41, 5.74) is 1.19. The van der Waals surface area contributed by atoms with Crippen molar-refractivity contribution in [2.24, 2.45) is 0 Å². The molecule has 0 bridgehead atoms. The molecule has 0 aliphatic carbocycles. The van der Waals surface area contributed by atoms with Gasteiger partial charge in [-0.05, 0) is 37.1 Å². The standard InChI is InChI=1S/C18H30FN/c1-3-5-6-7-8-9-10-15-20-18(4-2)16-11-13-17(19)14-12-16/h11-14,18,20H,3-10,15H2,1-2H3/t18-/m0/s1. The van der Waals surface area contributed by atoms with Gasteiger partial charge in [0.1, 0.15) is 5.82 Å². The van der Waals surface area contributed by atoms with Crippen LogP contribution in [0.3, 0.4) is 0 Å². The van der Waals surface area contributed by atoms with Gasteiger partial charge in [0.25, 0.3) is 0 Å². The molecule has 1 nitrogen and oxygen atoms in total. The maximum atomic E-state index is 12.9. The third-order valence-corrected chi connectivity index (χ3v) is 3.85. The lowest BCUT2D eigenvalue weighted by Crippen LogP contribution is -2.21. The minimum Gasteiger partial charge on any atom is -0.310 e. The van der Waals surface area contributed by atoms with E-state index in [-0.39, 0.29) is 5.82 Å². The van der Waals surface area contributed by atoms with Crippen LogP contribution in [-0.4, -0.2) is 6.54 Å². The lowest BCUT2D eigenvalue weighted by molar-refractivity contribution is 0.491. The maximum Gasteiger partial charge on any atom is 0.123 e. The summed E-state index contributed by atoms with van der Waals surface area (Å²) in [6.07, 6.45) is 10.4. The second-order valence-electron chi connectivity index (χ2n) is 5.59. The molecule has 1 atom stereocenters. The Balaban J connectivity index is 2.14. The Bertz CT molecular complexity index is 334. The Kier molecular flexibility index (Phi) is 9.31. The highest BCUT2D eigenvalue weighted by Gasteiger charge is 2.07. The fourth-order valence-electron chi connectivity index (χ4n) is 2.55. The van der Waals surface area contributed by atoms with Crippen molar-refractivity contribution in [1.29, 1.82) is 0 Å². The highest BCUT2D eigenvalue weighted by atomic mass is 19.1. The van der Waals surface area contributed by atoms with E-state index in [0.717, 1.165) is 13.0 Å². The van der Waals surface area contributed by atoms with Crippen molar-refractivity contribution in [1.82, 2.24) is 5.32 Å². The van der Waals surface area contributed by atoms with Gasteiger partial charge in [0, 0.05) is 6.04 Å².